The van der Waals surface area contributed by atoms with E-state index in [0.717, 1.165) is 32.9 Å². The highest BCUT2D eigenvalue weighted by Gasteiger charge is 2.37. The molecule has 3 rings (SSSR count). The first kappa shape index (κ1) is 23.3. The van der Waals surface area contributed by atoms with E-state index in [1.807, 2.05) is 4.90 Å². The number of carboxylic acid groups (broad SMARTS) is 2. The average molecular weight is 400 g/mol. The van der Waals surface area contributed by atoms with Gasteiger partial charge in [0.15, 0.2) is 0 Å². The van der Waals surface area contributed by atoms with Crippen LogP contribution in [0.2, 0.25) is 0 Å². The number of rotatable bonds is 2. The van der Waals surface area contributed by atoms with Crippen LogP contribution in [0.15, 0.2) is 6.33 Å². The van der Waals surface area contributed by atoms with Crippen molar-refractivity contribution in [1.82, 2.24) is 20.1 Å². The minimum atomic E-state index is -0.833. The number of amides is 1. The summed E-state index contributed by atoms with van der Waals surface area (Å²) >= 11 is 0. The Morgan fingerprint density at radius 2 is 1.64 bits per heavy atom. The zero-order chi connectivity index (χ0) is 21.3. The van der Waals surface area contributed by atoms with Crippen molar-refractivity contribution in [1.29, 1.82) is 0 Å². The van der Waals surface area contributed by atoms with Crippen LogP contribution >= 0.6 is 0 Å². The Balaban J connectivity index is 0.000000420. The number of H-pyrrole nitrogens is 1. The molecule has 2 aliphatic rings. The van der Waals surface area contributed by atoms with Crippen LogP contribution in [0.4, 0.5) is 5.95 Å². The van der Waals surface area contributed by atoms with E-state index in [1.165, 1.54) is 6.33 Å². The number of aliphatic hydroxyl groups excluding tert-OH is 1. The predicted octanol–water partition coefficient (Wildman–Crippen LogP) is -1.27. The summed E-state index contributed by atoms with van der Waals surface area (Å²) in [4.78, 5) is 38.4. The number of anilines is 1. The number of aliphatic carboxylic acids is 2. The molecule has 1 amide bonds. The van der Waals surface area contributed by atoms with E-state index < -0.39 is 18.0 Å². The maximum absolute atomic E-state index is 12.4. The lowest BCUT2D eigenvalue weighted by molar-refractivity contribution is -0.136. The van der Waals surface area contributed by atoms with Gasteiger partial charge in [0.05, 0.1) is 6.10 Å². The third-order valence-corrected chi connectivity index (χ3v) is 4.22. The molecule has 28 heavy (non-hydrogen) atoms. The summed E-state index contributed by atoms with van der Waals surface area (Å²) < 4.78 is 0. The molecule has 1 aliphatic carbocycles. The van der Waals surface area contributed by atoms with E-state index in [1.54, 1.807) is 0 Å². The average Bonchev–Trinajstić information content (AvgIpc) is 3.24. The summed E-state index contributed by atoms with van der Waals surface area (Å²) in [6.45, 7) is 4.98. The molecule has 1 saturated heterocycles. The number of hydrogen-bond donors (Lipinski definition) is 5. The molecule has 2 heterocycles. The van der Waals surface area contributed by atoms with Crippen LogP contribution in [-0.4, -0.2) is 91.6 Å². The van der Waals surface area contributed by atoms with Crippen molar-refractivity contribution in [2.45, 2.75) is 38.8 Å². The Hall–Kier alpha value is -2.73. The normalized spacial score (nSPS) is 23.8. The standard InChI is InChI=1S/C12H20N6O2.2C2H4O2/c13-9-5-8(6-10(9)19)11(20)17-1-3-18(4-2-17)12-14-7-15-16-12;2*1-2(3)4/h7-10,19H,1-6,13H2,(H,14,15,16);2*1H3,(H,3,4)/t8-,9-,10-;;/m0../s1. The van der Waals surface area contributed by atoms with Crippen LogP contribution in [0, 0.1) is 5.92 Å². The molecule has 0 spiro atoms. The summed E-state index contributed by atoms with van der Waals surface area (Å²) in [5, 5.41) is 31.2. The number of carboxylic acids is 2. The van der Waals surface area contributed by atoms with Crippen molar-refractivity contribution in [2.24, 2.45) is 11.7 Å². The van der Waals surface area contributed by atoms with Crippen molar-refractivity contribution in [3.8, 4) is 0 Å². The molecule has 12 heteroatoms. The molecule has 1 aromatic rings. The molecule has 6 N–H and O–H groups in total. The maximum atomic E-state index is 12.4. The lowest BCUT2D eigenvalue weighted by atomic mass is 10.1. The SMILES string of the molecule is CC(=O)O.CC(=O)O.N[C@H]1C[C@H](C(=O)N2CCN(c3ncn[nH]3)CC2)C[C@@H]1O. The zero-order valence-electron chi connectivity index (χ0n) is 16.0. The number of nitrogens with one attached hydrogen (secondary N) is 1. The van der Waals surface area contributed by atoms with Gasteiger partial charge < -0.3 is 30.9 Å². The number of piperazine rings is 1. The zero-order valence-corrected chi connectivity index (χ0v) is 16.0. The molecule has 1 aromatic heterocycles. The van der Waals surface area contributed by atoms with E-state index in [-0.39, 0.29) is 17.9 Å². The lowest BCUT2D eigenvalue weighted by Crippen LogP contribution is -2.50. The molecule has 0 aromatic carbocycles. The molecule has 3 atom stereocenters. The van der Waals surface area contributed by atoms with Crippen LogP contribution in [0.1, 0.15) is 26.7 Å². The highest BCUT2D eigenvalue weighted by Crippen LogP contribution is 2.27. The number of aliphatic hydroxyl groups is 1. The van der Waals surface area contributed by atoms with Gasteiger partial charge in [-0.25, -0.2) is 5.10 Å². The lowest BCUT2D eigenvalue weighted by Gasteiger charge is -2.35. The molecule has 0 unspecified atom stereocenters. The highest BCUT2D eigenvalue weighted by molar-refractivity contribution is 5.79. The van der Waals surface area contributed by atoms with Crippen molar-refractivity contribution >= 4 is 23.8 Å². The fourth-order valence-corrected chi connectivity index (χ4v) is 3.00. The molecule has 0 radical (unpaired) electrons. The molecule has 1 aliphatic heterocycles. The van der Waals surface area contributed by atoms with E-state index in [2.05, 4.69) is 20.1 Å². The quantitative estimate of drug-likeness (QED) is 0.401. The number of aromatic amines is 1. The van der Waals surface area contributed by atoms with E-state index in [0.29, 0.717) is 25.9 Å². The topological polar surface area (TPSA) is 186 Å². The molecule has 2 fully saturated rings. The molecule has 12 nitrogen and oxygen atoms in total. The predicted molar refractivity (Wildman–Crippen MR) is 98.5 cm³/mol. The first-order chi connectivity index (χ1) is 13.1. The minimum absolute atomic E-state index is 0.120. The molecule has 158 valence electrons. The second kappa shape index (κ2) is 11.2. The Kier molecular flexibility index (Phi) is 9.32. The highest BCUT2D eigenvalue weighted by atomic mass is 16.4. The van der Waals surface area contributed by atoms with E-state index in [4.69, 9.17) is 25.5 Å². The van der Waals surface area contributed by atoms with Crippen molar-refractivity contribution in [2.75, 3.05) is 31.1 Å². The molecule has 0 bridgehead atoms. The van der Waals surface area contributed by atoms with E-state index >= 15 is 0 Å². The number of nitrogens with two attached hydrogens (primary N) is 1. The molecular weight excluding hydrogens is 372 g/mol. The third-order valence-electron chi connectivity index (χ3n) is 4.22. The molecular formula is C16H28N6O6. The van der Waals surface area contributed by atoms with Gasteiger partial charge in [0.2, 0.25) is 11.9 Å². The number of carbonyl (C=O) groups is 3. The smallest absolute Gasteiger partial charge is 0.300 e. The van der Waals surface area contributed by atoms with Crippen molar-refractivity contribution in [3.63, 3.8) is 0 Å². The van der Waals surface area contributed by atoms with Gasteiger partial charge in [0.25, 0.3) is 11.9 Å². The van der Waals surface area contributed by atoms with Crippen LogP contribution < -0.4 is 10.6 Å². The minimum Gasteiger partial charge on any atom is -0.481 e. The summed E-state index contributed by atoms with van der Waals surface area (Å²) in [5.74, 6) is -0.929. The van der Waals surface area contributed by atoms with Gasteiger partial charge in [-0.1, -0.05) is 0 Å². The monoisotopic (exact) mass is 400 g/mol. The fourth-order valence-electron chi connectivity index (χ4n) is 3.00. The first-order valence-electron chi connectivity index (χ1n) is 8.83. The van der Waals surface area contributed by atoms with Gasteiger partial charge in [-0.2, -0.15) is 10.1 Å². The third kappa shape index (κ3) is 7.88. The Morgan fingerprint density at radius 1 is 1.11 bits per heavy atom. The second-order valence-electron chi connectivity index (χ2n) is 6.56. The Bertz CT molecular complexity index is 602. The van der Waals surface area contributed by atoms with Gasteiger partial charge in [-0.05, 0) is 12.8 Å². The van der Waals surface area contributed by atoms with Crippen LogP contribution in [-0.2, 0) is 14.4 Å². The van der Waals surface area contributed by atoms with E-state index in [9.17, 15) is 9.90 Å². The summed E-state index contributed by atoms with van der Waals surface area (Å²) in [6, 6.07) is -0.264. The Morgan fingerprint density at radius 3 is 2.04 bits per heavy atom. The van der Waals surface area contributed by atoms with Gasteiger partial charge in [-0.3, -0.25) is 14.4 Å². The summed E-state index contributed by atoms with van der Waals surface area (Å²) in [5.41, 5.74) is 5.77. The van der Waals surface area contributed by atoms with Gasteiger partial charge in [0, 0.05) is 52.0 Å². The summed E-state index contributed by atoms with van der Waals surface area (Å²) in [6.07, 6.45) is 2.01. The maximum Gasteiger partial charge on any atom is 0.300 e. The number of hydrogen-bond acceptors (Lipinski definition) is 8. The number of carbonyl (C=O) groups excluding carboxylic acids is 1. The van der Waals surface area contributed by atoms with Gasteiger partial charge in [-0.15, -0.1) is 0 Å². The second-order valence-corrected chi connectivity index (χ2v) is 6.56. The molecule has 1 saturated carbocycles. The van der Waals surface area contributed by atoms with Gasteiger partial charge >= 0.3 is 0 Å². The van der Waals surface area contributed by atoms with Gasteiger partial charge in [0.1, 0.15) is 6.33 Å². The summed E-state index contributed by atoms with van der Waals surface area (Å²) in [7, 11) is 0. The first-order valence-corrected chi connectivity index (χ1v) is 8.83. The number of aromatic nitrogens is 3. The fraction of sp³-hybridized carbons (Fsp3) is 0.688. The van der Waals surface area contributed by atoms with Crippen LogP contribution in [0.3, 0.4) is 0 Å². The largest absolute Gasteiger partial charge is 0.481 e. The number of nitrogens with zero attached hydrogens (tertiary/aromatic N) is 4. The van der Waals surface area contributed by atoms with Crippen LogP contribution in [0.25, 0.3) is 0 Å². The Labute approximate surface area is 162 Å². The van der Waals surface area contributed by atoms with Crippen molar-refractivity contribution in [3.05, 3.63) is 6.33 Å². The van der Waals surface area contributed by atoms with Crippen molar-refractivity contribution < 1.29 is 29.7 Å². The van der Waals surface area contributed by atoms with Crippen LogP contribution in [0.5, 0.6) is 0 Å².